The fraction of sp³-hybridized carbons (Fsp3) is 0.333. The van der Waals surface area contributed by atoms with Crippen LogP contribution in [0.5, 0.6) is 0 Å². The largest absolute Gasteiger partial charge is 0.116 e. The maximum atomic E-state index is 5.74. The normalized spacial score (nSPS) is 10.3. The molecule has 0 fully saturated rings. The van der Waals surface area contributed by atoms with Crippen molar-refractivity contribution in [1.29, 1.82) is 0 Å². The van der Waals surface area contributed by atoms with Crippen LogP contribution in [-0.2, 0) is 0 Å². The first-order chi connectivity index (χ1) is 4.74. The zero-order valence-corrected chi connectivity index (χ0v) is 8.50. The van der Waals surface area contributed by atoms with Crippen molar-refractivity contribution in [1.82, 2.24) is 0 Å². The predicted molar refractivity (Wildman–Crippen MR) is 50.7 cm³/mol. The van der Waals surface area contributed by atoms with Gasteiger partial charge in [-0.1, -0.05) is 30.1 Å². The molecule has 0 aliphatic heterocycles. The van der Waals surface area contributed by atoms with Gasteiger partial charge in [0.05, 0.1) is 9.23 Å². The molecule has 56 valence electrons. The average Bonchev–Trinajstić information content (AvgIpc) is 2.14. The fourth-order valence-electron chi connectivity index (χ4n) is 0.540. The first-order valence-corrected chi connectivity index (χ1v) is 5.37. The first-order valence-electron chi connectivity index (χ1n) is 2.81. The molecule has 0 aliphatic carbocycles. The van der Waals surface area contributed by atoms with E-state index in [2.05, 4.69) is 6.92 Å². The summed E-state index contributed by atoms with van der Waals surface area (Å²) >= 11 is 14.8. The average molecular weight is 213 g/mol. The Bertz CT molecular complexity index is 200. The molecule has 0 spiro atoms. The molecular formula is C6H6Cl2S2. The predicted octanol–water partition coefficient (Wildman–Crippen LogP) is 4.17. The Morgan fingerprint density at radius 3 is 2.70 bits per heavy atom. The summed E-state index contributed by atoms with van der Waals surface area (Å²) in [6.07, 6.45) is 0. The number of hydrogen-bond donors (Lipinski definition) is 0. The van der Waals surface area contributed by atoms with Crippen LogP contribution in [0.4, 0.5) is 0 Å². The molecule has 0 aliphatic rings. The highest BCUT2D eigenvalue weighted by Crippen LogP contribution is 2.36. The van der Waals surface area contributed by atoms with E-state index in [0.29, 0.717) is 9.36 Å². The molecular weight excluding hydrogens is 207 g/mol. The second-order valence-corrected chi connectivity index (χ2v) is 5.25. The second kappa shape index (κ2) is 3.86. The Labute approximate surface area is 78.5 Å². The zero-order chi connectivity index (χ0) is 7.56. The number of thioether (sulfide) groups is 1. The van der Waals surface area contributed by atoms with E-state index in [0.717, 1.165) is 5.75 Å². The summed E-state index contributed by atoms with van der Waals surface area (Å²) in [6.45, 7) is 2.10. The van der Waals surface area contributed by atoms with Crippen LogP contribution in [0.2, 0.25) is 9.36 Å². The van der Waals surface area contributed by atoms with E-state index < -0.39 is 0 Å². The minimum absolute atomic E-state index is 0.669. The van der Waals surface area contributed by atoms with E-state index in [4.69, 9.17) is 23.2 Å². The molecule has 0 aromatic carbocycles. The molecule has 0 bridgehead atoms. The molecule has 0 nitrogen and oxygen atoms in total. The maximum Gasteiger partial charge on any atom is 0.113 e. The molecule has 0 atom stereocenters. The molecule has 1 aromatic rings. The van der Waals surface area contributed by atoms with E-state index in [1.54, 1.807) is 11.8 Å². The zero-order valence-electron chi connectivity index (χ0n) is 5.36. The quantitative estimate of drug-likeness (QED) is 0.664. The Morgan fingerprint density at radius 1 is 1.60 bits per heavy atom. The third kappa shape index (κ3) is 2.06. The van der Waals surface area contributed by atoms with Gasteiger partial charge >= 0.3 is 0 Å². The van der Waals surface area contributed by atoms with E-state index in [1.807, 2.05) is 6.07 Å². The summed E-state index contributed by atoms with van der Waals surface area (Å²) in [5, 5.41) is 0.669. The smallest absolute Gasteiger partial charge is 0.113 e. The van der Waals surface area contributed by atoms with Crippen LogP contribution >= 0.6 is 46.3 Å². The van der Waals surface area contributed by atoms with Crippen LogP contribution < -0.4 is 0 Å². The topological polar surface area (TPSA) is 0 Å². The van der Waals surface area contributed by atoms with Crippen molar-refractivity contribution in [3.8, 4) is 0 Å². The minimum Gasteiger partial charge on any atom is -0.116 e. The maximum absolute atomic E-state index is 5.74. The molecule has 0 radical (unpaired) electrons. The lowest BCUT2D eigenvalue weighted by atomic mass is 10.7. The van der Waals surface area contributed by atoms with Crippen molar-refractivity contribution in [2.24, 2.45) is 0 Å². The lowest BCUT2D eigenvalue weighted by molar-refractivity contribution is 1.51. The van der Waals surface area contributed by atoms with Crippen LogP contribution in [-0.4, -0.2) is 5.75 Å². The van der Waals surface area contributed by atoms with Crippen molar-refractivity contribution >= 4 is 46.3 Å². The van der Waals surface area contributed by atoms with Crippen molar-refractivity contribution in [2.75, 3.05) is 5.75 Å². The van der Waals surface area contributed by atoms with Gasteiger partial charge in [-0.3, -0.25) is 0 Å². The Kier molecular flexibility index (Phi) is 3.37. The standard InChI is InChI=1S/C6H6Cl2S2/c1-2-9-5-3-4(7)6(8)10-5/h3H,2H2,1H3. The molecule has 1 rings (SSSR count). The third-order valence-corrected chi connectivity index (χ3v) is 3.86. The van der Waals surface area contributed by atoms with Gasteiger partial charge in [0.2, 0.25) is 0 Å². The Balaban J connectivity index is 2.77. The van der Waals surface area contributed by atoms with Gasteiger partial charge in [-0.2, -0.15) is 0 Å². The van der Waals surface area contributed by atoms with E-state index >= 15 is 0 Å². The monoisotopic (exact) mass is 212 g/mol. The van der Waals surface area contributed by atoms with Gasteiger partial charge in [-0.15, -0.1) is 23.1 Å². The highest BCUT2D eigenvalue weighted by atomic mass is 35.5. The molecule has 0 N–H and O–H groups in total. The van der Waals surface area contributed by atoms with Crippen LogP contribution in [0.15, 0.2) is 10.3 Å². The molecule has 0 saturated carbocycles. The molecule has 10 heavy (non-hydrogen) atoms. The lowest BCUT2D eigenvalue weighted by Crippen LogP contribution is -1.60. The molecule has 0 unspecified atom stereocenters. The van der Waals surface area contributed by atoms with Gasteiger partial charge in [-0.25, -0.2) is 0 Å². The SMILES string of the molecule is CCSc1cc(Cl)c(Cl)s1. The van der Waals surface area contributed by atoms with E-state index in [1.165, 1.54) is 15.5 Å². The molecule has 0 amide bonds. The van der Waals surface area contributed by atoms with Crippen LogP contribution in [0.3, 0.4) is 0 Å². The highest BCUT2D eigenvalue weighted by molar-refractivity contribution is 8.01. The third-order valence-electron chi connectivity index (χ3n) is 0.909. The number of halogens is 2. The summed E-state index contributed by atoms with van der Waals surface area (Å²) in [6, 6.07) is 1.91. The van der Waals surface area contributed by atoms with Crippen molar-refractivity contribution in [3.05, 3.63) is 15.4 Å². The van der Waals surface area contributed by atoms with Crippen LogP contribution in [0, 0.1) is 0 Å². The number of rotatable bonds is 2. The van der Waals surface area contributed by atoms with Gasteiger partial charge in [-0.05, 0) is 11.8 Å². The van der Waals surface area contributed by atoms with Gasteiger partial charge in [0, 0.05) is 0 Å². The summed E-state index contributed by atoms with van der Waals surface area (Å²) in [7, 11) is 0. The lowest BCUT2D eigenvalue weighted by Gasteiger charge is -1.86. The van der Waals surface area contributed by atoms with Gasteiger partial charge in [0.1, 0.15) is 4.34 Å². The van der Waals surface area contributed by atoms with Crippen LogP contribution in [0.25, 0.3) is 0 Å². The summed E-state index contributed by atoms with van der Waals surface area (Å²) in [5.74, 6) is 1.06. The van der Waals surface area contributed by atoms with Gasteiger partial charge in [0.15, 0.2) is 0 Å². The highest BCUT2D eigenvalue weighted by Gasteiger charge is 2.03. The summed E-state index contributed by atoms with van der Waals surface area (Å²) < 4.78 is 1.88. The van der Waals surface area contributed by atoms with Gasteiger partial charge < -0.3 is 0 Å². The number of thiophene rings is 1. The first kappa shape index (κ1) is 8.72. The molecule has 0 saturated heterocycles. The summed E-state index contributed by atoms with van der Waals surface area (Å²) in [5.41, 5.74) is 0. The van der Waals surface area contributed by atoms with Crippen molar-refractivity contribution < 1.29 is 0 Å². The summed E-state index contributed by atoms with van der Waals surface area (Å²) in [4.78, 5) is 0. The number of hydrogen-bond acceptors (Lipinski definition) is 2. The second-order valence-electron chi connectivity index (χ2n) is 1.62. The minimum atomic E-state index is 0.669. The van der Waals surface area contributed by atoms with Gasteiger partial charge in [0.25, 0.3) is 0 Å². The Hall–Kier alpha value is 0.630. The van der Waals surface area contributed by atoms with Crippen molar-refractivity contribution in [2.45, 2.75) is 11.1 Å². The molecule has 4 heteroatoms. The molecule has 1 aromatic heterocycles. The van der Waals surface area contributed by atoms with Crippen molar-refractivity contribution in [3.63, 3.8) is 0 Å². The fourth-order valence-corrected chi connectivity index (χ4v) is 3.17. The van der Waals surface area contributed by atoms with E-state index in [-0.39, 0.29) is 0 Å². The van der Waals surface area contributed by atoms with E-state index in [9.17, 15) is 0 Å². The van der Waals surface area contributed by atoms with Crippen LogP contribution in [0.1, 0.15) is 6.92 Å². The Morgan fingerprint density at radius 2 is 2.30 bits per heavy atom. The molecule has 1 heterocycles.